The summed E-state index contributed by atoms with van der Waals surface area (Å²) >= 11 is 0. The van der Waals surface area contributed by atoms with Crippen molar-refractivity contribution in [3.8, 4) is 6.07 Å². The van der Waals surface area contributed by atoms with Gasteiger partial charge in [0.05, 0.1) is 18.2 Å². The minimum absolute atomic E-state index is 0.235. The molecule has 1 aliphatic rings. The van der Waals surface area contributed by atoms with Gasteiger partial charge in [-0.1, -0.05) is 6.92 Å². The lowest BCUT2D eigenvalue weighted by Gasteiger charge is -2.29. The van der Waals surface area contributed by atoms with Crippen molar-refractivity contribution in [3.05, 3.63) is 24.2 Å². The molecule has 0 spiro atoms. The van der Waals surface area contributed by atoms with E-state index in [1.54, 1.807) is 19.1 Å². The van der Waals surface area contributed by atoms with E-state index < -0.39 is 36.7 Å². The van der Waals surface area contributed by atoms with Crippen LogP contribution in [0.15, 0.2) is 18.5 Å². The van der Waals surface area contributed by atoms with E-state index in [1.807, 2.05) is 13.0 Å². The molecule has 0 aliphatic carbocycles. The lowest BCUT2D eigenvalue weighted by atomic mass is 9.92. The smallest absolute Gasteiger partial charge is 0.431 e. The summed E-state index contributed by atoms with van der Waals surface area (Å²) in [7, 11) is 0. The van der Waals surface area contributed by atoms with Crippen molar-refractivity contribution < 1.29 is 29.2 Å². The molecular weight excluding hydrogens is 382 g/mol. The average molecular weight is 405 g/mol. The van der Waals surface area contributed by atoms with E-state index in [0.717, 1.165) is 0 Å². The predicted octanol–water partition coefficient (Wildman–Crippen LogP) is 0.709. The summed E-state index contributed by atoms with van der Waals surface area (Å²) in [6.45, 7) is 3.08. The van der Waals surface area contributed by atoms with Crippen LogP contribution in [0.5, 0.6) is 0 Å². The fourth-order valence-corrected chi connectivity index (χ4v) is 3.21. The molecule has 11 heteroatoms. The molecular formula is C18H23N5O6. The van der Waals surface area contributed by atoms with Crippen molar-refractivity contribution in [2.75, 3.05) is 12.3 Å². The van der Waals surface area contributed by atoms with Crippen molar-refractivity contribution in [1.29, 1.82) is 5.26 Å². The zero-order valence-electron chi connectivity index (χ0n) is 16.1. The summed E-state index contributed by atoms with van der Waals surface area (Å²) in [5.74, 6) is 0.235. The number of rotatable bonds is 6. The zero-order chi connectivity index (χ0) is 21.2. The number of nitrogens with zero attached hydrogens (tertiary/aromatic N) is 4. The Morgan fingerprint density at radius 3 is 2.97 bits per heavy atom. The Bertz CT molecular complexity index is 927. The number of hydrogen-bond acceptors (Lipinski definition) is 10. The van der Waals surface area contributed by atoms with Gasteiger partial charge in [-0.2, -0.15) is 10.4 Å². The molecule has 1 aliphatic heterocycles. The number of aromatic nitrogens is 3. The standard InChI is InChI=1S/C18H23N5O6/c1-3-10(2)28-17(26)27-8-18(6-7-19)15(25)13(24)14(29-18)11-4-5-12-16(20)21-9-22-23(11)12/h4-5,9-10,13-15,24-25H,3,6,8H2,1-2H3,(H2,20,21,22)/t10-,13+,14+,15+,18-/m1/s1. The molecule has 3 rings (SSSR count). The second-order valence-corrected chi connectivity index (χ2v) is 6.95. The normalized spacial score (nSPS) is 27.5. The van der Waals surface area contributed by atoms with Crippen molar-refractivity contribution >= 4 is 17.5 Å². The van der Waals surface area contributed by atoms with Gasteiger partial charge in [-0.25, -0.2) is 14.3 Å². The summed E-state index contributed by atoms with van der Waals surface area (Å²) < 4.78 is 17.5. The maximum absolute atomic E-state index is 11.9. The lowest BCUT2D eigenvalue weighted by Crippen LogP contribution is -2.47. The van der Waals surface area contributed by atoms with Gasteiger partial charge in [-0.15, -0.1) is 0 Å². The van der Waals surface area contributed by atoms with Crippen LogP contribution in [0.2, 0.25) is 0 Å². The van der Waals surface area contributed by atoms with Crippen LogP contribution in [0.4, 0.5) is 10.6 Å². The Morgan fingerprint density at radius 1 is 1.52 bits per heavy atom. The molecule has 156 valence electrons. The summed E-state index contributed by atoms with van der Waals surface area (Å²) in [4.78, 5) is 15.8. The van der Waals surface area contributed by atoms with Crippen LogP contribution in [0, 0.1) is 11.3 Å². The number of ether oxygens (including phenoxy) is 3. The minimum atomic E-state index is -1.63. The van der Waals surface area contributed by atoms with Gasteiger partial charge >= 0.3 is 6.16 Å². The summed E-state index contributed by atoms with van der Waals surface area (Å²) in [5, 5.41) is 34.6. The molecule has 2 aromatic heterocycles. The maximum atomic E-state index is 11.9. The van der Waals surface area contributed by atoms with E-state index in [2.05, 4.69) is 10.1 Å². The second kappa shape index (κ2) is 8.20. The first-order valence-corrected chi connectivity index (χ1v) is 9.15. The van der Waals surface area contributed by atoms with Gasteiger partial charge in [0.1, 0.15) is 48.5 Å². The predicted molar refractivity (Wildman–Crippen MR) is 98.4 cm³/mol. The second-order valence-electron chi connectivity index (χ2n) is 6.95. The summed E-state index contributed by atoms with van der Waals surface area (Å²) in [5.41, 5.74) is 5.10. The highest BCUT2D eigenvalue weighted by atomic mass is 16.7. The Balaban J connectivity index is 1.85. The van der Waals surface area contributed by atoms with E-state index in [-0.39, 0.29) is 18.3 Å². The highest BCUT2D eigenvalue weighted by molar-refractivity contribution is 5.65. The van der Waals surface area contributed by atoms with Crippen LogP contribution in [-0.2, 0) is 14.2 Å². The van der Waals surface area contributed by atoms with Crippen LogP contribution in [0.25, 0.3) is 5.52 Å². The Morgan fingerprint density at radius 2 is 2.28 bits per heavy atom. The third-order valence-electron chi connectivity index (χ3n) is 5.02. The third-order valence-corrected chi connectivity index (χ3v) is 5.02. The molecule has 4 N–H and O–H groups in total. The molecule has 1 saturated heterocycles. The number of fused-ring (bicyclic) bond motifs is 1. The van der Waals surface area contributed by atoms with E-state index in [0.29, 0.717) is 17.6 Å². The van der Waals surface area contributed by atoms with E-state index in [9.17, 15) is 20.3 Å². The number of hydrogen-bond donors (Lipinski definition) is 3. The van der Waals surface area contributed by atoms with E-state index in [1.165, 1.54) is 10.8 Å². The largest absolute Gasteiger partial charge is 0.508 e. The van der Waals surface area contributed by atoms with Gasteiger partial charge in [-0.3, -0.25) is 0 Å². The molecule has 3 heterocycles. The molecule has 0 amide bonds. The lowest BCUT2D eigenvalue weighted by molar-refractivity contribution is -0.119. The average Bonchev–Trinajstić information content (AvgIpc) is 3.23. The SMILES string of the molecule is CC[C@@H](C)OC(=O)OC[C@@]1(CC#N)O[C@@H](c2ccc3c(N)ncnn23)[C@H](O)[C@@H]1O. The van der Waals surface area contributed by atoms with Crippen molar-refractivity contribution in [1.82, 2.24) is 14.6 Å². The molecule has 0 aromatic carbocycles. The Hall–Kier alpha value is -2.94. The molecule has 0 unspecified atom stereocenters. The van der Waals surface area contributed by atoms with Crippen molar-refractivity contribution in [2.24, 2.45) is 0 Å². The molecule has 0 bridgehead atoms. The van der Waals surface area contributed by atoms with Gasteiger partial charge in [-0.05, 0) is 25.5 Å². The molecule has 1 fully saturated rings. The highest BCUT2D eigenvalue weighted by Crippen LogP contribution is 2.42. The van der Waals surface area contributed by atoms with E-state index in [4.69, 9.17) is 19.9 Å². The quantitative estimate of drug-likeness (QED) is 0.583. The molecule has 0 radical (unpaired) electrons. The van der Waals surface area contributed by atoms with Crippen molar-refractivity contribution in [3.63, 3.8) is 0 Å². The topological polar surface area (TPSA) is 165 Å². The van der Waals surface area contributed by atoms with Crippen LogP contribution < -0.4 is 5.73 Å². The summed E-state index contributed by atoms with van der Waals surface area (Å²) in [6.07, 6.45) is -3.69. The van der Waals surface area contributed by atoms with Gasteiger partial charge < -0.3 is 30.2 Å². The number of anilines is 1. The fourth-order valence-electron chi connectivity index (χ4n) is 3.21. The molecule has 5 atom stereocenters. The Kier molecular flexibility index (Phi) is 5.88. The molecule has 11 nitrogen and oxygen atoms in total. The first-order chi connectivity index (χ1) is 13.8. The number of nitrogens with two attached hydrogens (primary N) is 1. The third kappa shape index (κ3) is 3.82. The number of aliphatic hydroxyl groups is 2. The van der Waals surface area contributed by atoms with Crippen LogP contribution in [0.1, 0.15) is 38.5 Å². The number of carbonyl (C=O) groups is 1. The van der Waals surface area contributed by atoms with Gasteiger partial charge in [0.2, 0.25) is 0 Å². The summed E-state index contributed by atoms with van der Waals surface area (Å²) in [6, 6.07) is 5.19. The number of carbonyl (C=O) groups excluding carboxylic acids is 1. The van der Waals surface area contributed by atoms with Gasteiger partial charge in [0.15, 0.2) is 5.82 Å². The first kappa shape index (κ1) is 20.8. The van der Waals surface area contributed by atoms with Gasteiger partial charge in [0, 0.05) is 0 Å². The van der Waals surface area contributed by atoms with Crippen LogP contribution in [-0.4, -0.2) is 61.5 Å². The molecule has 2 aromatic rings. The number of aliphatic hydroxyl groups excluding tert-OH is 2. The maximum Gasteiger partial charge on any atom is 0.508 e. The molecule has 29 heavy (non-hydrogen) atoms. The first-order valence-electron chi connectivity index (χ1n) is 9.15. The molecule has 0 saturated carbocycles. The van der Waals surface area contributed by atoms with E-state index >= 15 is 0 Å². The van der Waals surface area contributed by atoms with Crippen LogP contribution >= 0.6 is 0 Å². The van der Waals surface area contributed by atoms with Gasteiger partial charge in [0.25, 0.3) is 0 Å². The number of nitrogen functional groups attached to an aromatic ring is 1. The number of nitriles is 1. The van der Waals surface area contributed by atoms with Crippen LogP contribution in [0.3, 0.4) is 0 Å². The monoisotopic (exact) mass is 405 g/mol. The Labute approximate surface area is 166 Å². The minimum Gasteiger partial charge on any atom is -0.431 e. The van der Waals surface area contributed by atoms with Crippen molar-refractivity contribution in [2.45, 2.75) is 56.7 Å². The fraction of sp³-hybridized carbons (Fsp3) is 0.556. The zero-order valence-corrected chi connectivity index (χ0v) is 16.1. The highest BCUT2D eigenvalue weighted by Gasteiger charge is 2.56.